The highest BCUT2D eigenvalue weighted by atomic mass is 16.5. The van der Waals surface area contributed by atoms with E-state index in [1.807, 2.05) is 0 Å². The Kier molecular flexibility index (Phi) is 3.54. The second kappa shape index (κ2) is 4.61. The highest BCUT2D eigenvalue weighted by molar-refractivity contribution is 4.99. The molecule has 0 aromatic rings. The van der Waals surface area contributed by atoms with Crippen LogP contribution in [0, 0.1) is 0 Å². The van der Waals surface area contributed by atoms with Crippen LogP contribution >= 0.6 is 0 Å². The number of aliphatic hydroxyl groups is 1. The number of nitrogens with zero attached hydrogens (tertiary/aromatic N) is 1. The van der Waals surface area contributed by atoms with E-state index in [1.165, 1.54) is 0 Å². The van der Waals surface area contributed by atoms with Gasteiger partial charge in [0.2, 0.25) is 0 Å². The summed E-state index contributed by atoms with van der Waals surface area (Å²) in [6.45, 7) is 9.40. The topological polar surface area (TPSA) is 44.7 Å². The van der Waals surface area contributed by atoms with Crippen molar-refractivity contribution in [2.24, 2.45) is 0 Å². The summed E-state index contributed by atoms with van der Waals surface area (Å²) in [6.07, 6.45) is 1.88. The van der Waals surface area contributed by atoms with Crippen molar-refractivity contribution < 1.29 is 9.84 Å². The number of ether oxygens (including phenoxy) is 1. The van der Waals surface area contributed by atoms with Crippen molar-refractivity contribution in [2.75, 3.05) is 39.4 Å². The van der Waals surface area contributed by atoms with Crippen LogP contribution in [0.15, 0.2) is 0 Å². The lowest BCUT2D eigenvalue weighted by atomic mass is 9.80. The smallest absolute Gasteiger partial charge is 0.0645 e. The van der Waals surface area contributed by atoms with Gasteiger partial charge in [0.1, 0.15) is 0 Å². The van der Waals surface area contributed by atoms with Crippen molar-refractivity contribution in [3.05, 3.63) is 0 Å². The molecule has 0 radical (unpaired) electrons. The quantitative estimate of drug-likeness (QED) is 0.709. The van der Waals surface area contributed by atoms with Crippen molar-refractivity contribution in [1.29, 1.82) is 0 Å². The summed E-state index contributed by atoms with van der Waals surface area (Å²) >= 11 is 0. The number of hydrogen-bond acceptors (Lipinski definition) is 4. The van der Waals surface area contributed by atoms with E-state index in [4.69, 9.17) is 4.74 Å². The highest BCUT2D eigenvalue weighted by Gasteiger charge is 2.44. The predicted molar refractivity (Wildman–Crippen MR) is 63.5 cm³/mol. The average Bonchev–Trinajstić information content (AvgIpc) is 2.29. The first-order valence-corrected chi connectivity index (χ1v) is 6.29. The molecule has 0 spiro atoms. The fourth-order valence-corrected chi connectivity index (χ4v) is 3.09. The Hall–Kier alpha value is -0.160. The van der Waals surface area contributed by atoms with Crippen LogP contribution in [0.25, 0.3) is 0 Å². The van der Waals surface area contributed by atoms with E-state index in [2.05, 4.69) is 24.1 Å². The molecule has 4 heteroatoms. The number of hydrogen-bond donors (Lipinski definition) is 2. The third kappa shape index (κ3) is 2.40. The van der Waals surface area contributed by atoms with Gasteiger partial charge in [-0.2, -0.15) is 0 Å². The second-order valence-corrected chi connectivity index (χ2v) is 5.65. The predicted octanol–water partition coefficient (Wildman–Crippen LogP) is 0.212. The molecule has 0 saturated carbocycles. The van der Waals surface area contributed by atoms with E-state index in [0.717, 1.165) is 45.6 Å². The van der Waals surface area contributed by atoms with E-state index < -0.39 is 0 Å². The standard InChI is InChI=1S/C12H24N2O2/c1-11(2)9-12(10-15,3-8-16-11)14-6-4-13-5-7-14/h13,15H,3-10H2,1-2H3. The minimum absolute atomic E-state index is 0.0517. The van der Waals surface area contributed by atoms with Crippen LogP contribution in [0.1, 0.15) is 26.7 Å². The summed E-state index contributed by atoms with van der Waals surface area (Å²) in [6, 6.07) is 0. The molecule has 2 heterocycles. The lowest BCUT2D eigenvalue weighted by Gasteiger charge is -2.51. The molecule has 4 nitrogen and oxygen atoms in total. The van der Waals surface area contributed by atoms with Crippen molar-refractivity contribution in [3.63, 3.8) is 0 Å². The molecule has 94 valence electrons. The van der Waals surface area contributed by atoms with Gasteiger partial charge in [-0.3, -0.25) is 4.90 Å². The molecule has 2 aliphatic rings. The van der Waals surface area contributed by atoms with Gasteiger partial charge in [-0.25, -0.2) is 0 Å². The fraction of sp³-hybridized carbons (Fsp3) is 1.00. The highest BCUT2D eigenvalue weighted by Crippen LogP contribution is 2.36. The van der Waals surface area contributed by atoms with E-state index in [-0.39, 0.29) is 17.7 Å². The van der Waals surface area contributed by atoms with Gasteiger partial charge in [0.05, 0.1) is 12.2 Å². The van der Waals surface area contributed by atoms with Crippen molar-refractivity contribution >= 4 is 0 Å². The summed E-state index contributed by atoms with van der Waals surface area (Å²) in [5.41, 5.74) is -0.157. The van der Waals surface area contributed by atoms with Crippen LogP contribution < -0.4 is 5.32 Å². The van der Waals surface area contributed by atoms with Crippen LogP contribution in [0.4, 0.5) is 0 Å². The third-order valence-electron chi connectivity index (χ3n) is 3.90. The van der Waals surface area contributed by atoms with Crippen LogP contribution in [-0.4, -0.2) is 60.5 Å². The minimum Gasteiger partial charge on any atom is -0.394 e. The maximum absolute atomic E-state index is 9.81. The molecule has 2 aliphatic heterocycles. The maximum atomic E-state index is 9.81. The van der Waals surface area contributed by atoms with Gasteiger partial charge in [0.25, 0.3) is 0 Å². The Morgan fingerprint density at radius 3 is 2.56 bits per heavy atom. The van der Waals surface area contributed by atoms with Crippen LogP contribution in [0.5, 0.6) is 0 Å². The zero-order valence-corrected chi connectivity index (χ0v) is 10.5. The van der Waals surface area contributed by atoms with Crippen molar-refractivity contribution in [1.82, 2.24) is 10.2 Å². The minimum atomic E-state index is -0.105. The monoisotopic (exact) mass is 228 g/mol. The molecular formula is C12H24N2O2. The van der Waals surface area contributed by atoms with E-state index in [0.29, 0.717) is 0 Å². The van der Waals surface area contributed by atoms with E-state index in [1.54, 1.807) is 0 Å². The molecule has 1 atom stereocenters. The van der Waals surface area contributed by atoms with Crippen LogP contribution in [-0.2, 0) is 4.74 Å². The van der Waals surface area contributed by atoms with Gasteiger partial charge in [-0.05, 0) is 26.7 Å². The summed E-state index contributed by atoms with van der Waals surface area (Å²) in [5.74, 6) is 0. The lowest BCUT2D eigenvalue weighted by molar-refractivity contribution is -0.136. The first kappa shape index (κ1) is 12.3. The summed E-state index contributed by atoms with van der Waals surface area (Å²) in [4.78, 5) is 2.45. The maximum Gasteiger partial charge on any atom is 0.0645 e. The van der Waals surface area contributed by atoms with E-state index >= 15 is 0 Å². The summed E-state index contributed by atoms with van der Waals surface area (Å²) in [7, 11) is 0. The zero-order chi connectivity index (χ0) is 11.6. The Morgan fingerprint density at radius 2 is 2.00 bits per heavy atom. The number of rotatable bonds is 2. The molecule has 16 heavy (non-hydrogen) atoms. The van der Waals surface area contributed by atoms with Crippen molar-refractivity contribution in [3.8, 4) is 0 Å². The van der Waals surface area contributed by atoms with Gasteiger partial charge in [-0.1, -0.05) is 0 Å². The van der Waals surface area contributed by atoms with Crippen LogP contribution in [0.3, 0.4) is 0 Å². The Morgan fingerprint density at radius 1 is 1.31 bits per heavy atom. The zero-order valence-electron chi connectivity index (χ0n) is 10.5. The molecule has 0 bridgehead atoms. The molecule has 0 aromatic heterocycles. The molecular weight excluding hydrogens is 204 g/mol. The number of aliphatic hydroxyl groups excluding tert-OH is 1. The molecule has 2 fully saturated rings. The van der Waals surface area contributed by atoms with Crippen LogP contribution in [0.2, 0.25) is 0 Å². The summed E-state index contributed by atoms with van der Waals surface area (Å²) in [5, 5.41) is 13.2. The molecule has 0 aromatic carbocycles. The average molecular weight is 228 g/mol. The summed E-state index contributed by atoms with van der Waals surface area (Å²) < 4.78 is 5.76. The first-order chi connectivity index (χ1) is 7.58. The molecule has 2 N–H and O–H groups in total. The molecule has 0 aliphatic carbocycles. The van der Waals surface area contributed by atoms with Gasteiger partial charge >= 0.3 is 0 Å². The molecule has 2 rings (SSSR count). The molecule has 0 amide bonds. The van der Waals surface area contributed by atoms with Gasteiger partial charge in [-0.15, -0.1) is 0 Å². The lowest BCUT2D eigenvalue weighted by Crippen LogP contribution is -2.62. The first-order valence-electron chi connectivity index (χ1n) is 6.29. The van der Waals surface area contributed by atoms with Gasteiger partial charge < -0.3 is 15.2 Å². The van der Waals surface area contributed by atoms with E-state index in [9.17, 15) is 5.11 Å². The molecule has 1 unspecified atom stereocenters. The second-order valence-electron chi connectivity index (χ2n) is 5.65. The largest absolute Gasteiger partial charge is 0.394 e. The Bertz CT molecular complexity index is 239. The normalized spacial score (nSPS) is 36.2. The Labute approximate surface area is 98.0 Å². The number of piperazine rings is 1. The SMILES string of the molecule is CC1(C)CC(CO)(N2CCNCC2)CCO1. The third-order valence-corrected chi connectivity index (χ3v) is 3.90. The van der Waals surface area contributed by atoms with Crippen molar-refractivity contribution in [2.45, 2.75) is 37.8 Å². The van der Waals surface area contributed by atoms with Gasteiger partial charge in [0.15, 0.2) is 0 Å². The Balaban J connectivity index is 2.10. The number of nitrogens with one attached hydrogen (secondary N) is 1. The molecule has 2 saturated heterocycles. The van der Waals surface area contributed by atoms with Gasteiger partial charge in [0, 0.05) is 38.3 Å². The fourth-order valence-electron chi connectivity index (χ4n) is 3.09.